The number of carbonyl (C=O) groups excluding carboxylic acids is 1. The van der Waals surface area contributed by atoms with E-state index in [1.807, 2.05) is 19.1 Å². The van der Waals surface area contributed by atoms with Gasteiger partial charge in [0.25, 0.3) is 0 Å². The normalized spacial score (nSPS) is 11.2. The average Bonchev–Trinajstić information content (AvgIpc) is 2.34. The molecule has 0 unspecified atom stereocenters. The Hall–Kier alpha value is -1.58. The number of likely N-dealkylation sites (N-methyl/N-ethyl adjacent to an activating group) is 1. The highest BCUT2D eigenvalue weighted by Crippen LogP contribution is 2.23. The number of aromatic nitrogens is 1. The van der Waals surface area contributed by atoms with Crippen molar-refractivity contribution in [2.24, 2.45) is 0 Å². The molecule has 0 atom stereocenters. The summed E-state index contributed by atoms with van der Waals surface area (Å²) in [5.41, 5.74) is 1.29. The van der Waals surface area contributed by atoms with Gasteiger partial charge in [-0.05, 0) is 30.0 Å². The zero-order valence-corrected chi connectivity index (χ0v) is 11.9. The summed E-state index contributed by atoms with van der Waals surface area (Å²) in [6.07, 6.45) is 1.77. The van der Waals surface area contributed by atoms with E-state index in [0.29, 0.717) is 0 Å². The van der Waals surface area contributed by atoms with Crippen LogP contribution in [0.25, 0.3) is 0 Å². The largest absolute Gasteiger partial charge is 0.361 e. The van der Waals surface area contributed by atoms with Crippen LogP contribution >= 0.6 is 0 Å². The third kappa shape index (κ3) is 4.02. The summed E-state index contributed by atoms with van der Waals surface area (Å²) in [6, 6.07) is 4.00. The highest BCUT2D eigenvalue weighted by atomic mass is 16.2. The minimum atomic E-state index is 0.0699. The molecular weight excluding hydrogens is 226 g/mol. The van der Waals surface area contributed by atoms with E-state index in [1.165, 1.54) is 5.56 Å². The van der Waals surface area contributed by atoms with Gasteiger partial charge in [0, 0.05) is 19.8 Å². The number of amides is 1. The first-order chi connectivity index (χ1) is 8.34. The van der Waals surface area contributed by atoms with Crippen LogP contribution in [-0.4, -0.2) is 35.9 Å². The lowest BCUT2D eigenvalue weighted by Crippen LogP contribution is -2.32. The van der Waals surface area contributed by atoms with Crippen LogP contribution in [-0.2, 0) is 10.2 Å². The maximum Gasteiger partial charge on any atom is 0.241 e. The van der Waals surface area contributed by atoms with Crippen LogP contribution in [0.5, 0.6) is 0 Å². The predicted molar refractivity (Wildman–Crippen MR) is 74.7 cm³/mol. The summed E-state index contributed by atoms with van der Waals surface area (Å²) < 4.78 is 0. The third-order valence-corrected chi connectivity index (χ3v) is 2.95. The molecule has 1 amide bonds. The molecule has 1 N–H and O–H groups in total. The van der Waals surface area contributed by atoms with E-state index < -0.39 is 0 Å². The fraction of sp³-hybridized carbons (Fsp3) is 0.571. The molecule has 0 saturated carbocycles. The summed E-state index contributed by atoms with van der Waals surface area (Å²) in [4.78, 5) is 17.6. The van der Waals surface area contributed by atoms with Crippen molar-refractivity contribution >= 4 is 11.7 Å². The molecule has 0 saturated heterocycles. The molecule has 0 aromatic carbocycles. The lowest BCUT2D eigenvalue weighted by atomic mass is 9.88. The second kappa shape index (κ2) is 5.85. The first-order valence-electron chi connectivity index (χ1n) is 6.29. The topological polar surface area (TPSA) is 45.2 Å². The van der Waals surface area contributed by atoms with E-state index in [0.717, 1.165) is 12.4 Å². The van der Waals surface area contributed by atoms with Crippen LogP contribution in [0.1, 0.15) is 33.3 Å². The highest BCUT2D eigenvalue weighted by Gasteiger charge is 2.14. The van der Waals surface area contributed by atoms with Crippen molar-refractivity contribution in [3.8, 4) is 0 Å². The van der Waals surface area contributed by atoms with Crippen molar-refractivity contribution < 1.29 is 4.79 Å². The van der Waals surface area contributed by atoms with Crippen LogP contribution in [0.2, 0.25) is 0 Å². The zero-order valence-electron chi connectivity index (χ0n) is 11.9. The fourth-order valence-corrected chi connectivity index (χ4v) is 1.47. The van der Waals surface area contributed by atoms with Gasteiger partial charge in [0.15, 0.2) is 0 Å². The molecule has 1 aromatic heterocycles. The molecule has 0 aliphatic rings. The van der Waals surface area contributed by atoms with Crippen molar-refractivity contribution in [2.75, 3.05) is 25.5 Å². The molecule has 1 heterocycles. The van der Waals surface area contributed by atoms with Gasteiger partial charge in [-0.2, -0.15) is 0 Å². The number of nitrogens with zero attached hydrogens (tertiary/aromatic N) is 2. The quantitative estimate of drug-likeness (QED) is 0.890. The minimum absolute atomic E-state index is 0.0699. The zero-order chi connectivity index (χ0) is 13.8. The van der Waals surface area contributed by atoms with Gasteiger partial charge in [0.05, 0.1) is 6.54 Å². The molecule has 1 rings (SSSR count). The average molecular weight is 249 g/mol. The summed E-state index contributed by atoms with van der Waals surface area (Å²) >= 11 is 0. The summed E-state index contributed by atoms with van der Waals surface area (Å²) in [6.45, 7) is 9.42. The maximum absolute atomic E-state index is 11.7. The van der Waals surface area contributed by atoms with Crippen molar-refractivity contribution in [1.82, 2.24) is 9.88 Å². The Labute approximate surface area is 109 Å². The number of anilines is 1. The van der Waals surface area contributed by atoms with Crippen LogP contribution in [0, 0.1) is 0 Å². The molecule has 0 radical (unpaired) electrons. The number of rotatable bonds is 4. The lowest BCUT2D eigenvalue weighted by Gasteiger charge is -2.20. The van der Waals surface area contributed by atoms with Gasteiger partial charge in [-0.1, -0.05) is 20.8 Å². The second-order valence-electron chi connectivity index (χ2n) is 5.44. The van der Waals surface area contributed by atoms with E-state index in [-0.39, 0.29) is 17.9 Å². The number of pyridine rings is 1. The summed E-state index contributed by atoms with van der Waals surface area (Å²) in [5, 5.41) is 3.07. The minimum Gasteiger partial charge on any atom is -0.361 e. The summed E-state index contributed by atoms with van der Waals surface area (Å²) in [5.74, 6) is 0.820. The number of nitrogens with one attached hydrogen (secondary N) is 1. The predicted octanol–water partition coefficient (Wildman–Crippen LogP) is 2.27. The Bertz CT molecular complexity index is 410. The van der Waals surface area contributed by atoms with E-state index >= 15 is 0 Å². The molecule has 0 spiro atoms. The molecule has 0 fully saturated rings. The molecule has 4 heteroatoms. The van der Waals surface area contributed by atoms with Crippen molar-refractivity contribution in [1.29, 1.82) is 0 Å². The van der Waals surface area contributed by atoms with Gasteiger partial charge in [0.1, 0.15) is 5.82 Å². The lowest BCUT2D eigenvalue weighted by molar-refractivity contribution is -0.127. The van der Waals surface area contributed by atoms with Crippen LogP contribution in [0.3, 0.4) is 0 Å². The maximum atomic E-state index is 11.7. The monoisotopic (exact) mass is 249 g/mol. The Balaban J connectivity index is 2.66. The SMILES string of the molecule is CCN(C)C(=O)CNc1cc(C(C)(C)C)ccn1. The van der Waals surface area contributed by atoms with Crippen molar-refractivity contribution in [3.05, 3.63) is 23.9 Å². The van der Waals surface area contributed by atoms with Crippen molar-refractivity contribution in [2.45, 2.75) is 33.1 Å². The highest BCUT2D eigenvalue weighted by molar-refractivity contribution is 5.80. The molecule has 0 bridgehead atoms. The molecule has 4 nitrogen and oxygen atoms in total. The standard InChI is InChI=1S/C14H23N3O/c1-6-17(5)13(18)10-16-12-9-11(7-8-15-12)14(2,3)4/h7-9H,6,10H2,1-5H3,(H,15,16). The first-order valence-corrected chi connectivity index (χ1v) is 6.29. The molecule has 100 valence electrons. The van der Waals surface area contributed by atoms with Crippen LogP contribution < -0.4 is 5.32 Å². The van der Waals surface area contributed by atoms with Gasteiger partial charge < -0.3 is 10.2 Å². The number of hydrogen-bond acceptors (Lipinski definition) is 3. The fourth-order valence-electron chi connectivity index (χ4n) is 1.47. The molecule has 18 heavy (non-hydrogen) atoms. The molecular formula is C14H23N3O. The molecule has 0 aliphatic carbocycles. The Morgan fingerprint density at radius 2 is 2.11 bits per heavy atom. The van der Waals surface area contributed by atoms with Crippen molar-refractivity contribution in [3.63, 3.8) is 0 Å². The van der Waals surface area contributed by atoms with Gasteiger partial charge in [-0.3, -0.25) is 4.79 Å². The van der Waals surface area contributed by atoms with E-state index in [1.54, 1.807) is 18.1 Å². The Morgan fingerprint density at radius 1 is 1.44 bits per heavy atom. The Morgan fingerprint density at radius 3 is 2.67 bits per heavy atom. The number of hydrogen-bond donors (Lipinski definition) is 1. The Kier molecular flexibility index (Phi) is 4.70. The van der Waals surface area contributed by atoms with E-state index in [9.17, 15) is 4.79 Å². The van der Waals surface area contributed by atoms with Gasteiger partial charge in [-0.15, -0.1) is 0 Å². The molecule has 0 aliphatic heterocycles. The summed E-state index contributed by atoms with van der Waals surface area (Å²) in [7, 11) is 1.79. The van der Waals surface area contributed by atoms with E-state index in [2.05, 4.69) is 31.1 Å². The number of carbonyl (C=O) groups is 1. The second-order valence-corrected chi connectivity index (χ2v) is 5.44. The molecule has 1 aromatic rings. The third-order valence-electron chi connectivity index (χ3n) is 2.95. The van der Waals surface area contributed by atoms with E-state index in [4.69, 9.17) is 0 Å². The van der Waals surface area contributed by atoms with Gasteiger partial charge in [-0.25, -0.2) is 4.98 Å². The van der Waals surface area contributed by atoms with Crippen LogP contribution in [0.4, 0.5) is 5.82 Å². The smallest absolute Gasteiger partial charge is 0.241 e. The first kappa shape index (κ1) is 14.5. The van der Waals surface area contributed by atoms with Crippen LogP contribution in [0.15, 0.2) is 18.3 Å². The van der Waals surface area contributed by atoms with Gasteiger partial charge in [0.2, 0.25) is 5.91 Å². The van der Waals surface area contributed by atoms with Gasteiger partial charge >= 0.3 is 0 Å².